The van der Waals surface area contributed by atoms with Crippen molar-refractivity contribution in [2.45, 2.75) is 17.7 Å². The van der Waals surface area contributed by atoms with Crippen LogP contribution >= 0.6 is 0 Å². The summed E-state index contributed by atoms with van der Waals surface area (Å²) in [6, 6.07) is 12.6. The Labute approximate surface area is 169 Å². The molecule has 2 amide bonds. The van der Waals surface area contributed by atoms with E-state index in [4.69, 9.17) is 10.5 Å². The van der Waals surface area contributed by atoms with E-state index in [9.17, 15) is 18.0 Å². The number of piperidine rings is 1. The smallest absolute Gasteiger partial charge is 0.248 e. The molecule has 8 nitrogen and oxygen atoms in total. The van der Waals surface area contributed by atoms with E-state index in [1.807, 2.05) is 0 Å². The summed E-state index contributed by atoms with van der Waals surface area (Å²) in [5.74, 6) is -0.304. The highest BCUT2D eigenvalue weighted by molar-refractivity contribution is 7.89. The van der Waals surface area contributed by atoms with Gasteiger partial charge in [0.1, 0.15) is 5.75 Å². The summed E-state index contributed by atoms with van der Waals surface area (Å²) in [6.07, 6.45) is 0.862. The Morgan fingerprint density at radius 1 is 1.03 bits per heavy atom. The maximum atomic E-state index is 12.8. The highest BCUT2D eigenvalue weighted by atomic mass is 32.2. The number of anilines is 1. The van der Waals surface area contributed by atoms with Crippen molar-refractivity contribution in [1.82, 2.24) is 4.31 Å². The van der Waals surface area contributed by atoms with Crippen LogP contribution in [0.25, 0.3) is 0 Å². The number of nitrogens with one attached hydrogen (secondary N) is 1. The highest BCUT2D eigenvalue weighted by Crippen LogP contribution is 2.25. The minimum atomic E-state index is -3.68. The van der Waals surface area contributed by atoms with Crippen molar-refractivity contribution in [3.8, 4) is 5.75 Å². The molecule has 1 aliphatic heterocycles. The fraction of sp³-hybridized carbons (Fsp3) is 0.300. The average Bonchev–Trinajstić information content (AvgIpc) is 2.74. The molecule has 1 fully saturated rings. The number of hydrogen-bond acceptors (Lipinski definition) is 5. The van der Waals surface area contributed by atoms with Gasteiger partial charge in [0.15, 0.2) is 0 Å². The summed E-state index contributed by atoms with van der Waals surface area (Å²) in [6.45, 7) is 0.501. The topological polar surface area (TPSA) is 119 Å². The van der Waals surface area contributed by atoms with Crippen molar-refractivity contribution >= 4 is 27.5 Å². The third-order valence-electron chi connectivity index (χ3n) is 4.96. The second-order valence-electron chi connectivity index (χ2n) is 6.78. The van der Waals surface area contributed by atoms with Gasteiger partial charge in [0.05, 0.1) is 12.0 Å². The molecule has 0 radical (unpaired) electrons. The number of methoxy groups -OCH3 is 1. The zero-order valence-corrected chi connectivity index (χ0v) is 16.8. The van der Waals surface area contributed by atoms with Crippen molar-refractivity contribution in [2.24, 2.45) is 11.7 Å². The minimum Gasteiger partial charge on any atom is -0.497 e. The van der Waals surface area contributed by atoms with Crippen LogP contribution in [-0.4, -0.2) is 44.7 Å². The molecule has 29 heavy (non-hydrogen) atoms. The van der Waals surface area contributed by atoms with E-state index >= 15 is 0 Å². The standard InChI is InChI=1S/C20H23N3O5S/c1-28-17-6-4-16(5-7-17)22-20(25)15-10-12-23(13-11-15)29(26,27)18-8-2-14(3-9-18)19(21)24/h2-9,15H,10-13H2,1H3,(H2,21,24)(H,22,25). The van der Waals surface area contributed by atoms with Crippen molar-refractivity contribution in [2.75, 3.05) is 25.5 Å². The predicted octanol–water partition coefficient (Wildman–Crippen LogP) is 1.83. The number of benzene rings is 2. The van der Waals surface area contributed by atoms with Gasteiger partial charge >= 0.3 is 0 Å². The Kier molecular flexibility index (Phi) is 6.19. The first-order valence-corrected chi connectivity index (χ1v) is 10.6. The second-order valence-corrected chi connectivity index (χ2v) is 8.72. The molecular weight excluding hydrogens is 394 g/mol. The molecule has 154 valence electrons. The Hall–Kier alpha value is -2.91. The van der Waals surface area contributed by atoms with Crippen LogP contribution < -0.4 is 15.8 Å². The number of amides is 2. The minimum absolute atomic E-state index is 0.101. The summed E-state index contributed by atoms with van der Waals surface area (Å²) in [5.41, 5.74) is 6.10. The summed E-state index contributed by atoms with van der Waals surface area (Å²) in [5, 5.41) is 2.86. The maximum absolute atomic E-state index is 12.8. The van der Waals surface area contributed by atoms with Crippen LogP contribution in [0.4, 0.5) is 5.69 Å². The fourth-order valence-electron chi connectivity index (χ4n) is 3.22. The van der Waals surface area contributed by atoms with E-state index < -0.39 is 15.9 Å². The predicted molar refractivity (Wildman–Crippen MR) is 108 cm³/mol. The quantitative estimate of drug-likeness (QED) is 0.743. The van der Waals surface area contributed by atoms with Crippen molar-refractivity contribution in [1.29, 1.82) is 0 Å². The Bertz CT molecular complexity index is 980. The number of carbonyl (C=O) groups is 2. The molecule has 0 unspecified atom stereocenters. The lowest BCUT2D eigenvalue weighted by Gasteiger charge is -2.30. The first-order valence-electron chi connectivity index (χ1n) is 9.16. The van der Waals surface area contributed by atoms with Gasteiger partial charge in [-0.1, -0.05) is 0 Å². The van der Waals surface area contributed by atoms with E-state index in [0.29, 0.717) is 24.3 Å². The number of nitrogens with two attached hydrogens (primary N) is 1. The van der Waals surface area contributed by atoms with Crippen molar-refractivity contribution in [3.63, 3.8) is 0 Å². The average molecular weight is 417 g/mol. The lowest BCUT2D eigenvalue weighted by molar-refractivity contribution is -0.120. The van der Waals surface area contributed by atoms with Crippen LogP contribution in [0, 0.1) is 5.92 Å². The molecule has 0 bridgehead atoms. The lowest BCUT2D eigenvalue weighted by atomic mass is 9.97. The number of carbonyl (C=O) groups excluding carboxylic acids is 2. The van der Waals surface area contributed by atoms with Crippen LogP contribution in [0.15, 0.2) is 53.4 Å². The van der Waals surface area contributed by atoms with Crippen LogP contribution in [0.3, 0.4) is 0 Å². The van der Waals surface area contributed by atoms with Gasteiger partial charge in [-0.3, -0.25) is 9.59 Å². The molecule has 1 heterocycles. The summed E-state index contributed by atoms with van der Waals surface area (Å²) in [4.78, 5) is 23.7. The van der Waals surface area contributed by atoms with Crippen LogP contribution in [0.2, 0.25) is 0 Å². The van der Waals surface area contributed by atoms with Gasteiger partial charge in [-0.05, 0) is 61.4 Å². The zero-order valence-electron chi connectivity index (χ0n) is 16.0. The van der Waals surface area contributed by atoms with Gasteiger partial charge in [-0.25, -0.2) is 8.42 Å². The molecular formula is C20H23N3O5S. The number of nitrogens with zero attached hydrogens (tertiary/aromatic N) is 1. The third kappa shape index (κ3) is 4.75. The van der Waals surface area contributed by atoms with Crippen molar-refractivity contribution in [3.05, 3.63) is 54.1 Å². The Balaban J connectivity index is 1.60. The van der Waals surface area contributed by atoms with E-state index in [2.05, 4.69) is 5.32 Å². The molecule has 9 heteroatoms. The lowest BCUT2D eigenvalue weighted by Crippen LogP contribution is -2.41. The molecule has 0 aromatic heterocycles. The zero-order chi connectivity index (χ0) is 21.0. The first-order chi connectivity index (χ1) is 13.8. The number of ether oxygens (including phenoxy) is 1. The second kappa shape index (κ2) is 8.62. The van der Waals surface area contributed by atoms with E-state index in [1.54, 1.807) is 31.4 Å². The summed E-state index contributed by atoms with van der Waals surface area (Å²) in [7, 11) is -2.11. The van der Waals surface area contributed by atoms with Gasteiger partial charge in [-0.2, -0.15) is 4.31 Å². The van der Waals surface area contributed by atoms with E-state index in [-0.39, 0.29) is 35.4 Å². The van der Waals surface area contributed by atoms with E-state index in [1.165, 1.54) is 28.6 Å². The molecule has 0 spiro atoms. The van der Waals surface area contributed by atoms with E-state index in [0.717, 1.165) is 0 Å². The molecule has 1 aliphatic rings. The largest absolute Gasteiger partial charge is 0.497 e. The van der Waals surface area contributed by atoms with Crippen LogP contribution in [0.1, 0.15) is 23.2 Å². The summed E-state index contributed by atoms with van der Waals surface area (Å²) >= 11 is 0. The van der Waals surface area contributed by atoms with Gasteiger partial charge in [0.25, 0.3) is 0 Å². The molecule has 0 aliphatic carbocycles. The number of sulfonamides is 1. The van der Waals surface area contributed by atoms with Gasteiger partial charge in [0, 0.05) is 30.3 Å². The molecule has 0 saturated carbocycles. The molecule has 3 N–H and O–H groups in total. The third-order valence-corrected chi connectivity index (χ3v) is 6.87. The van der Waals surface area contributed by atoms with Gasteiger partial charge < -0.3 is 15.8 Å². The van der Waals surface area contributed by atoms with Gasteiger partial charge in [0.2, 0.25) is 21.8 Å². The molecule has 1 saturated heterocycles. The number of primary amides is 1. The molecule has 2 aromatic rings. The number of rotatable bonds is 6. The normalized spacial score (nSPS) is 15.6. The Morgan fingerprint density at radius 3 is 2.14 bits per heavy atom. The monoisotopic (exact) mass is 417 g/mol. The summed E-state index contributed by atoms with van der Waals surface area (Å²) < 4.78 is 32.0. The highest BCUT2D eigenvalue weighted by Gasteiger charge is 2.32. The Morgan fingerprint density at radius 2 is 1.62 bits per heavy atom. The van der Waals surface area contributed by atoms with Gasteiger partial charge in [-0.15, -0.1) is 0 Å². The van der Waals surface area contributed by atoms with Crippen molar-refractivity contribution < 1.29 is 22.7 Å². The van der Waals surface area contributed by atoms with Crippen LogP contribution in [0.5, 0.6) is 5.75 Å². The molecule has 2 aromatic carbocycles. The molecule has 3 rings (SSSR count). The SMILES string of the molecule is COc1ccc(NC(=O)C2CCN(S(=O)(=O)c3ccc(C(N)=O)cc3)CC2)cc1. The number of hydrogen-bond donors (Lipinski definition) is 2. The first kappa shape index (κ1) is 20.8. The molecule has 0 atom stereocenters. The maximum Gasteiger partial charge on any atom is 0.248 e. The van der Waals surface area contributed by atoms with Crippen LogP contribution in [-0.2, 0) is 14.8 Å². The fourth-order valence-corrected chi connectivity index (χ4v) is 4.69.